The molecule has 0 unspecified atom stereocenters. The number of nitrogens with zero attached hydrogens (tertiary/aromatic N) is 3. The number of unbranched alkanes of at least 4 members (excludes halogenated alkanes) is 3. The SMILES string of the molecule is CCCCc1n[n+](CCCC)c(CCCC)n1NC.COC(C)(OC)[P+](C)(O)O. The molecule has 0 saturated heterocycles. The second kappa shape index (κ2) is 14.3. The standard InChI is InChI=1S/C15H31N4.C5H14O4P/c1-5-8-11-14-17-18(13-10-7-3)15(12-9-6-2)19(14)16-4;1-5(8-2,9-3)10(4,6)7/h16H,5-13H2,1-4H3;6-7H,1-4H3/q2*+1. The first kappa shape index (κ1) is 28.2. The molecule has 9 heteroatoms. The summed E-state index contributed by atoms with van der Waals surface area (Å²) in [6.07, 6.45) is 9.49. The van der Waals surface area contributed by atoms with E-state index in [1.54, 1.807) is 0 Å². The van der Waals surface area contributed by atoms with E-state index >= 15 is 0 Å². The maximum Gasteiger partial charge on any atom is 0.335 e. The fourth-order valence-electron chi connectivity index (χ4n) is 2.75. The zero-order valence-electron chi connectivity index (χ0n) is 19.9. The molecule has 0 aliphatic rings. The molecule has 0 aromatic carbocycles. The van der Waals surface area contributed by atoms with Gasteiger partial charge < -0.3 is 9.47 Å². The second-order valence-electron chi connectivity index (χ2n) is 7.39. The molecule has 3 N–H and O–H groups in total. The lowest BCUT2D eigenvalue weighted by Gasteiger charge is -2.26. The van der Waals surface area contributed by atoms with E-state index in [0.29, 0.717) is 0 Å². The van der Waals surface area contributed by atoms with Crippen molar-refractivity contribution in [1.29, 1.82) is 0 Å². The number of ether oxygens (including phenoxy) is 2. The lowest BCUT2D eigenvalue weighted by molar-refractivity contribution is -0.759. The van der Waals surface area contributed by atoms with Crippen LogP contribution in [0.15, 0.2) is 0 Å². The van der Waals surface area contributed by atoms with Crippen LogP contribution in [0.25, 0.3) is 0 Å². The minimum Gasteiger partial charge on any atom is -0.318 e. The van der Waals surface area contributed by atoms with Gasteiger partial charge in [0.25, 0.3) is 5.82 Å². The van der Waals surface area contributed by atoms with Gasteiger partial charge in [0, 0.05) is 34.6 Å². The first-order valence-electron chi connectivity index (χ1n) is 10.8. The normalized spacial score (nSPS) is 11.9. The Hall–Kier alpha value is -0.790. The monoisotopic (exact) mass is 436 g/mol. The summed E-state index contributed by atoms with van der Waals surface area (Å²) in [6.45, 7) is 10.5. The average molecular weight is 437 g/mol. The Morgan fingerprint density at radius 1 is 1.03 bits per heavy atom. The second-order valence-corrected chi connectivity index (χ2v) is 10.0. The Labute approximate surface area is 178 Å². The summed E-state index contributed by atoms with van der Waals surface area (Å²) in [5.41, 5.74) is 2.06. The molecule has 0 aliphatic carbocycles. The topological polar surface area (TPSA) is 92.7 Å². The van der Waals surface area contributed by atoms with E-state index in [0.717, 1.165) is 19.4 Å². The first-order valence-corrected chi connectivity index (χ1v) is 12.9. The number of hydrogen-bond donors (Lipinski definition) is 3. The third-order valence-corrected chi connectivity index (χ3v) is 6.94. The summed E-state index contributed by atoms with van der Waals surface area (Å²) in [5, 5.41) is 4.83. The van der Waals surface area contributed by atoms with Crippen LogP contribution >= 0.6 is 7.72 Å². The summed E-state index contributed by atoms with van der Waals surface area (Å²) in [5.74, 6) is 2.52. The number of nitrogens with one attached hydrogen (secondary N) is 1. The van der Waals surface area contributed by atoms with Crippen molar-refractivity contribution in [1.82, 2.24) is 9.77 Å². The molecule has 0 bridgehead atoms. The van der Waals surface area contributed by atoms with Gasteiger partial charge in [0.05, 0.1) is 6.42 Å². The summed E-state index contributed by atoms with van der Waals surface area (Å²) >= 11 is 0. The Kier molecular flexibility index (Phi) is 13.9. The van der Waals surface area contributed by atoms with Crippen molar-refractivity contribution in [3.63, 3.8) is 0 Å². The molecule has 1 aromatic heterocycles. The molecule has 1 heterocycles. The third-order valence-electron chi connectivity index (χ3n) is 5.03. The van der Waals surface area contributed by atoms with Crippen LogP contribution in [0.5, 0.6) is 0 Å². The Morgan fingerprint density at radius 3 is 1.93 bits per heavy atom. The minimum atomic E-state index is -3.08. The predicted molar refractivity (Wildman–Crippen MR) is 120 cm³/mol. The largest absolute Gasteiger partial charge is 0.335 e. The molecule has 172 valence electrons. The van der Waals surface area contributed by atoms with Gasteiger partial charge in [-0.25, -0.2) is 9.79 Å². The van der Waals surface area contributed by atoms with Gasteiger partial charge in [-0.3, -0.25) is 5.43 Å². The molecule has 0 radical (unpaired) electrons. The van der Waals surface area contributed by atoms with Crippen LogP contribution in [0.2, 0.25) is 0 Å². The average Bonchev–Trinajstić information content (AvgIpc) is 3.04. The minimum absolute atomic E-state index is 1.04. The third kappa shape index (κ3) is 8.85. The zero-order valence-corrected chi connectivity index (χ0v) is 20.8. The molecule has 0 fully saturated rings. The van der Waals surface area contributed by atoms with Gasteiger partial charge in [-0.2, -0.15) is 0 Å². The maximum absolute atomic E-state index is 9.15. The van der Waals surface area contributed by atoms with E-state index < -0.39 is 13.2 Å². The molecule has 0 saturated carbocycles. The fourth-order valence-corrected chi connectivity index (χ4v) is 3.44. The van der Waals surface area contributed by atoms with Crippen LogP contribution in [0.4, 0.5) is 0 Å². The van der Waals surface area contributed by atoms with Gasteiger partial charge >= 0.3 is 19.1 Å². The number of aryl methyl sites for hydroxylation is 2. The lowest BCUT2D eigenvalue weighted by atomic mass is 10.2. The van der Waals surface area contributed by atoms with Crippen molar-refractivity contribution < 1.29 is 23.9 Å². The molecule has 0 spiro atoms. The summed E-state index contributed by atoms with van der Waals surface area (Å²) in [4.78, 5) is 18.3. The predicted octanol–water partition coefficient (Wildman–Crippen LogP) is 3.24. The summed E-state index contributed by atoms with van der Waals surface area (Å²) in [6, 6.07) is 0. The highest BCUT2D eigenvalue weighted by atomic mass is 31.2. The number of rotatable bonds is 13. The highest BCUT2D eigenvalue weighted by molar-refractivity contribution is 7.65. The summed E-state index contributed by atoms with van der Waals surface area (Å²) < 4.78 is 14.0. The van der Waals surface area contributed by atoms with E-state index in [1.807, 2.05) is 7.05 Å². The molecule has 0 amide bonds. The zero-order chi connectivity index (χ0) is 22.5. The van der Waals surface area contributed by atoms with Gasteiger partial charge in [-0.15, -0.1) is 9.36 Å². The van der Waals surface area contributed by atoms with Crippen LogP contribution in [0.3, 0.4) is 0 Å². The molecule has 1 aromatic rings. The van der Waals surface area contributed by atoms with Crippen molar-refractivity contribution in [3.05, 3.63) is 11.6 Å². The summed E-state index contributed by atoms with van der Waals surface area (Å²) in [7, 11) is 1.65. The van der Waals surface area contributed by atoms with Gasteiger partial charge in [-0.1, -0.05) is 40.0 Å². The molecular weight excluding hydrogens is 391 g/mol. The van der Waals surface area contributed by atoms with Crippen molar-refractivity contribution >= 4 is 7.72 Å². The molecule has 0 aliphatic heterocycles. The number of methoxy groups -OCH3 is 2. The van der Waals surface area contributed by atoms with Crippen LogP contribution in [-0.2, 0) is 28.9 Å². The van der Waals surface area contributed by atoms with Gasteiger partial charge in [0.1, 0.15) is 13.2 Å². The molecular formula is C20H45N4O4P+2. The van der Waals surface area contributed by atoms with Crippen LogP contribution in [0.1, 0.15) is 77.9 Å². The Balaban J connectivity index is 0.000000665. The Bertz CT molecular complexity index is 557. The van der Waals surface area contributed by atoms with E-state index in [9.17, 15) is 0 Å². The van der Waals surface area contributed by atoms with E-state index in [4.69, 9.17) is 24.4 Å². The number of hydrogen-bond acceptors (Lipinski definition) is 6. The lowest BCUT2D eigenvalue weighted by Crippen LogP contribution is -2.41. The first-order chi connectivity index (χ1) is 13.6. The van der Waals surface area contributed by atoms with Crippen LogP contribution < -0.4 is 10.1 Å². The van der Waals surface area contributed by atoms with Gasteiger partial charge in [-0.05, 0) is 24.4 Å². The smallest absolute Gasteiger partial charge is 0.318 e. The highest BCUT2D eigenvalue weighted by Crippen LogP contribution is 2.59. The maximum atomic E-state index is 9.15. The van der Waals surface area contributed by atoms with Crippen molar-refractivity contribution in [2.24, 2.45) is 0 Å². The fraction of sp³-hybridized carbons (Fsp3) is 0.900. The highest BCUT2D eigenvalue weighted by Gasteiger charge is 2.52. The quantitative estimate of drug-likeness (QED) is 0.250. The molecule has 0 atom stereocenters. The molecule has 29 heavy (non-hydrogen) atoms. The molecule has 1 rings (SSSR count). The van der Waals surface area contributed by atoms with Crippen molar-refractivity contribution in [3.8, 4) is 0 Å². The van der Waals surface area contributed by atoms with Crippen molar-refractivity contribution in [2.75, 3.05) is 33.4 Å². The van der Waals surface area contributed by atoms with E-state index in [1.165, 1.54) is 78.0 Å². The van der Waals surface area contributed by atoms with E-state index in [2.05, 4.69) is 35.6 Å². The number of aromatic nitrogens is 3. The Morgan fingerprint density at radius 2 is 1.55 bits per heavy atom. The van der Waals surface area contributed by atoms with E-state index in [-0.39, 0.29) is 0 Å². The van der Waals surface area contributed by atoms with Gasteiger partial charge in [0.15, 0.2) is 0 Å². The van der Waals surface area contributed by atoms with Crippen LogP contribution in [-0.4, -0.2) is 53.0 Å². The molecule has 8 nitrogen and oxygen atoms in total. The van der Waals surface area contributed by atoms with Gasteiger partial charge in [0.2, 0.25) is 0 Å². The van der Waals surface area contributed by atoms with Crippen molar-refractivity contribution in [2.45, 2.75) is 91.1 Å². The van der Waals surface area contributed by atoms with Crippen LogP contribution in [0, 0.1) is 0 Å².